The summed E-state index contributed by atoms with van der Waals surface area (Å²) in [6, 6.07) is 1.23. The molecule has 0 aromatic carbocycles. The molecular formula is C5H7F2N3O. The second kappa shape index (κ2) is 2.73. The van der Waals surface area contributed by atoms with E-state index < -0.39 is 6.61 Å². The Hall–Kier alpha value is -1.33. The molecule has 0 saturated heterocycles. The first kappa shape index (κ1) is 7.77. The van der Waals surface area contributed by atoms with Crippen LogP contribution in [0.5, 0.6) is 5.88 Å². The zero-order valence-electron chi connectivity index (χ0n) is 5.79. The summed E-state index contributed by atoms with van der Waals surface area (Å²) in [7, 11) is 1.54. The number of nitrogens with two attached hydrogens (primary N) is 1. The number of anilines is 1. The Kier molecular flexibility index (Phi) is 1.93. The van der Waals surface area contributed by atoms with Crippen LogP contribution in [-0.4, -0.2) is 16.4 Å². The molecule has 0 aliphatic carbocycles. The van der Waals surface area contributed by atoms with Gasteiger partial charge in [0.25, 0.3) is 0 Å². The molecule has 6 heteroatoms. The molecule has 1 aromatic rings. The van der Waals surface area contributed by atoms with Crippen molar-refractivity contribution in [1.82, 2.24) is 9.78 Å². The number of ether oxygens (including phenoxy) is 1. The standard InChI is InChI=1S/C5H7F2N3O/c1-10-3(8)2-4(9-10)11-5(6)7/h2,5H,8H2,1H3. The highest BCUT2D eigenvalue weighted by Gasteiger charge is 2.08. The summed E-state index contributed by atoms with van der Waals surface area (Å²) in [5.74, 6) is 0.112. The molecule has 1 aromatic heterocycles. The molecule has 0 unspecified atom stereocenters. The molecule has 4 nitrogen and oxygen atoms in total. The predicted octanol–water partition coefficient (Wildman–Crippen LogP) is 0.604. The number of halogens is 2. The molecular weight excluding hydrogens is 156 g/mol. The van der Waals surface area contributed by atoms with Crippen molar-refractivity contribution in [3.63, 3.8) is 0 Å². The zero-order chi connectivity index (χ0) is 8.43. The van der Waals surface area contributed by atoms with E-state index in [1.165, 1.54) is 17.8 Å². The van der Waals surface area contributed by atoms with Crippen LogP contribution in [0.2, 0.25) is 0 Å². The minimum absolute atomic E-state index is 0.167. The normalized spacial score (nSPS) is 10.5. The van der Waals surface area contributed by atoms with Gasteiger partial charge in [0, 0.05) is 13.1 Å². The van der Waals surface area contributed by atoms with Crippen LogP contribution < -0.4 is 10.5 Å². The molecule has 0 amide bonds. The van der Waals surface area contributed by atoms with E-state index in [1.807, 2.05) is 0 Å². The van der Waals surface area contributed by atoms with E-state index in [4.69, 9.17) is 5.73 Å². The highest BCUT2D eigenvalue weighted by atomic mass is 19.3. The summed E-state index contributed by atoms with van der Waals surface area (Å²) >= 11 is 0. The van der Waals surface area contributed by atoms with Crippen molar-refractivity contribution in [1.29, 1.82) is 0 Å². The molecule has 11 heavy (non-hydrogen) atoms. The third-order valence-corrected chi connectivity index (χ3v) is 1.10. The largest absolute Gasteiger partial charge is 0.415 e. The van der Waals surface area contributed by atoms with Gasteiger partial charge < -0.3 is 10.5 Å². The maximum atomic E-state index is 11.5. The number of hydrogen-bond donors (Lipinski definition) is 1. The summed E-state index contributed by atoms with van der Waals surface area (Å²) in [6.07, 6.45) is 0. The Morgan fingerprint density at radius 1 is 1.73 bits per heavy atom. The molecule has 2 N–H and O–H groups in total. The first-order valence-corrected chi connectivity index (χ1v) is 2.84. The van der Waals surface area contributed by atoms with Gasteiger partial charge in [0.15, 0.2) is 0 Å². The number of nitrogens with zero attached hydrogens (tertiary/aromatic N) is 2. The molecule has 0 saturated carbocycles. The predicted molar refractivity (Wildman–Crippen MR) is 34.3 cm³/mol. The van der Waals surface area contributed by atoms with Gasteiger partial charge in [0.2, 0.25) is 5.88 Å². The van der Waals surface area contributed by atoms with Crippen LogP contribution >= 0.6 is 0 Å². The van der Waals surface area contributed by atoms with Gasteiger partial charge in [-0.1, -0.05) is 0 Å². The molecule has 0 aliphatic rings. The van der Waals surface area contributed by atoms with Gasteiger partial charge in [-0.2, -0.15) is 8.78 Å². The van der Waals surface area contributed by atoms with Gasteiger partial charge in [-0.05, 0) is 0 Å². The summed E-state index contributed by atoms with van der Waals surface area (Å²) in [5.41, 5.74) is 5.29. The number of aromatic nitrogens is 2. The monoisotopic (exact) mass is 163 g/mol. The van der Waals surface area contributed by atoms with Crippen LogP contribution in [0, 0.1) is 0 Å². The quantitative estimate of drug-likeness (QED) is 0.694. The molecule has 0 radical (unpaired) electrons. The lowest BCUT2D eigenvalue weighted by atomic mass is 10.6. The average Bonchev–Trinajstić information content (AvgIpc) is 2.10. The molecule has 1 heterocycles. The van der Waals surface area contributed by atoms with Crippen LogP contribution in [0.15, 0.2) is 6.07 Å². The van der Waals surface area contributed by atoms with Crippen molar-refractivity contribution in [2.45, 2.75) is 6.61 Å². The van der Waals surface area contributed by atoms with Crippen LogP contribution in [0.4, 0.5) is 14.6 Å². The van der Waals surface area contributed by atoms with E-state index in [9.17, 15) is 8.78 Å². The fourth-order valence-electron chi connectivity index (χ4n) is 0.603. The Balaban J connectivity index is 2.73. The highest BCUT2D eigenvalue weighted by molar-refractivity contribution is 5.33. The van der Waals surface area contributed by atoms with Crippen molar-refractivity contribution in [3.8, 4) is 5.88 Å². The van der Waals surface area contributed by atoms with E-state index in [0.29, 0.717) is 0 Å². The molecule has 0 bridgehead atoms. The number of nitrogen functional groups attached to an aromatic ring is 1. The highest BCUT2D eigenvalue weighted by Crippen LogP contribution is 2.14. The maximum absolute atomic E-state index is 11.5. The van der Waals surface area contributed by atoms with Gasteiger partial charge in [-0.25, -0.2) is 4.68 Å². The lowest BCUT2D eigenvalue weighted by Crippen LogP contribution is -2.02. The van der Waals surface area contributed by atoms with E-state index in [1.54, 1.807) is 0 Å². The van der Waals surface area contributed by atoms with Crippen molar-refractivity contribution >= 4 is 5.82 Å². The van der Waals surface area contributed by atoms with E-state index >= 15 is 0 Å². The molecule has 0 atom stereocenters. The first-order valence-electron chi connectivity index (χ1n) is 2.84. The van der Waals surface area contributed by atoms with E-state index in [2.05, 4.69) is 9.84 Å². The van der Waals surface area contributed by atoms with Gasteiger partial charge in [-0.3, -0.25) is 0 Å². The Morgan fingerprint density at radius 3 is 2.73 bits per heavy atom. The zero-order valence-corrected chi connectivity index (χ0v) is 5.79. The second-order valence-corrected chi connectivity index (χ2v) is 1.91. The van der Waals surface area contributed by atoms with Crippen molar-refractivity contribution < 1.29 is 13.5 Å². The summed E-state index contributed by atoms with van der Waals surface area (Å²) in [5, 5.41) is 3.54. The topological polar surface area (TPSA) is 53.1 Å². The smallest absolute Gasteiger partial charge is 0.388 e. The number of hydrogen-bond acceptors (Lipinski definition) is 3. The minimum atomic E-state index is -2.86. The minimum Gasteiger partial charge on any atom is -0.415 e. The lowest BCUT2D eigenvalue weighted by molar-refractivity contribution is -0.0531. The Labute approximate surface area is 61.6 Å². The van der Waals surface area contributed by atoms with Crippen LogP contribution in [-0.2, 0) is 7.05 Å². The average molecular weight is 163 g/mol. The summed E-state index contributed by atoms with van der Waals surface area (Å²) in [6.45, 7) is -2.86. The van der Waals surface area contributed by atoms with Gasteiger partial charge >= 0.3 is 6.61 Å². The number of rotatable bonds is 2. The number of aryl methyl sites for hydroxylation is 1. The van der Waals surface area contributed by atoms with Gasteiger partial charge in [0.05, 0.1) is 0 Å². The molecule has 1 rings (SSSR count). The Bertz CT molecular complexity index is 228. The molecule has 0 fully saturated rings. The third kappa shape index (κ3) is 1.79. The van der Waals surface area contributed by atoms with Crippen LogP contribution in [0.3, 0.4) is 0 Å². The third-order valence-electron chi connectivity index (χ3n) is 1.10. The number of alkyl halides is 2. The van der Waals surface area contributed by atoms with Crippen molar-refractivity contribution in [3.05, 3.63) is 6.07 Å². The summed E-state index contributed by atoms with van der Waals surface area (Å²) < 4.78 is 28.3. The first-order chi connectivity index (χ1) is 5.09. The fourth-order valence-corrected chi connectivity index (χ4v) is 0.603. The fraction of sp³-hybridized carbons (Fsp3) is 0.400. The van der Waals surface area contributed by atoms with Gasteiger partial charge in [-0.15, -0.1) is 5.10 Å². The Morgan fingerprint density at radius 2 is 2.36 bits per heavy atom. The van der Waals surface area contributed by atoms with Gasteiger partial charge in [0.1, 0.15) is 5.82 Å². The second-order valence-electron chi connectivity index (χ2n) is 1.91. The SMILES string of the molecule is Cn1nc(OC(F)F)cc1N. The van der Waals surface area contributed by atoms with E-state index in [0.717, 1.165) is 0 Å². The maximum Gasteiger partial charge on any atom is 0.388 e. The molecule has 0 aliphatic heterocycles. The molecule has 0 spiro atoms. The van der Waals surface area contributed by atoms with Crippen molar-refractivity contribution in [2.24, 2.45) is 7.05 Å². The van der Waals surface area contributed by atoms with Crippen LogP contribution in [0.25, 0.3) is 0 Å². The lowest BCUT2D eigenvalue weighted by Gasteiger charge is -1.96. The molecule has 62 valence electrons. The van der Waals surface area contributed by atoms with Crippen LogP contribution in [0.1, 0.15) is 0 Å². The van der Waals surface area contributed by atoms with E-state index in [-0.39, 0.29) is 11.7 Å². The van der Waals surface area contributed by atoms with Crippen molar-refractivity contribution in [2.75, 3.05) is 5.73 Å². The summed E-state index contributed by atoms with van der Waals surface area (Å²) in [4.78, 5) is 0.